The fraction of sp³-hybridized carbons (Fsp3) is 0.500. The Morgan fingerprint density at radius 1 is 1.67 bits per heavy atom. The molecule has 0 amide bonds. The zero-order chi connectivity index (χ0) is 12.5. The zero-order valence-electron chi connectivity index (χ0n) is 9.54. The van der Waals surface area contributed by atoms with Gasteiger partial charge in [-0.1, -0.05) is 11.3 Å². The summed E-state index contributed by atoms with van der Waals surface area (Å²) in [6, 6.07) is 0. The summed E-state index contributed by atoms with van der Waals surface area (Å²) in [5.74, 6) is 1.61. The predicted octanol–water partition coefficient (Wildman–Crippen LogP) is 2.61. The third kappa shape index (κ3) is 2.05. The average Bonchev–Trinajstić information content (AvgIpc) is 3.01. The van der Waals surface area contributed by atoms with E-state index in [-0.39, 0.29) is 10.7 Å². The van der Waals surface area contributed by atoms with Gasteiger partial charge in [0.15, 0.2) is 0 Å². The van der Waals surface area contributed by atoms with Crippen molar-refractivity contribution in [3.63, 3.8) is 0 Å². The van der Waals surface area contributed by atoms with Crippen molar-refractivity contribution in [3.05, 3.63) is 21.7 Å². The molecule has 1 aliphatic heterocycles. The Bertz CT molecular complexity index is 573. The molecular formula is C10H12N4O2S2. The molecule has 3 heterocycles. The van der Waals surface area contributed by atoms with E-state index in [4.69, 9.17) is 0 Å². The number of thiazole rings is 1. The molecule has 96 valence electrons. The number of imidazole rings is 1. The number of nitro groups is 1. The van der Waals surface area contributed by atoms with Gasteiger partial charge in [-0.2, -0.15) is 21.1 Å². The molecule has 2 aromatic rings. The quantitative estimate of drug-likeness (QED) is 0.690. The highest BCUT2D eigenvalue weighted by atomic mass is 32.2. The number of hydrogen-bond donors (Lipinski definition) is 1. The van der Waals surface area contributed by atoms with E-state index in [1.54, 1.807) is 11.6 Å². The summed E-state index contributed by atoms with van der Waals surface area (Å²) in [7, 11) is 0. The van der Waals surface area contributed by atoms with E-state index in [2.05, 4.69) is 10.3 Å². The average molecular weight is 284 g/mol. The van der Waals surface area contributed by atoms with Crippen molar-refractivity contribution in [2.24, 2.45) is 0 Å². The molecule has 0 aromatic carbocycles. The van der Waals surface area contributed by atoms with Gasteiger partial charge in [0.1, 0.15) is 6.20 Å². The van der Waals surface area contributed by atoms with Crippen molar-refractivity contribution >= 4 is 39.7 Å². The summed E-state index contributed by atoms with van der Waals surface area (Å²) in [5, 5.41) is 16.6. The number of hydrogen-bond acceptors (Lipinski definition) is 6. The van der Waals surface area contributed by atoms with Crippen LogP contribution < -0.4 is 5.32 Å². The van der Waals surface area contributed by atoms with Gasteiger partial charge in [0.05, 0.1) is 0 Å². The number of nitrogens with one attached hydrogen (secondary N) is 1. The fourth-order valence-corrected chi connectivity index (χ4v) is 3.99. The first-order valence-electron chi connectivity index (χ1n) is 5.71. The van der Waals surface area contributed by atoms with Crippen LogP contribution in [0, 0.1) is 10.1 Å². The maximum Gasteiger partial charge on any atom is 0.372 e. The number of aromatic nitrogens is 2. The lowest BCUT2D eigenvalue weighted by Crippen LogP contribution is -2.14. The van der Waals surface area contributed by atoms with Gasteiger partial charge in [-0.25, -0.2) is 0 Å². The van der Waals surface area contributed by atoms with Crippen molar-refractivity contribution in [1.82, 2.24) is 9.38 Å². The molecule has 8 heteroatoms. The van der Waals surface area contributed by atoms with E-state index in [0.717, 1.165) is 6.54 Å². The van der Waals surface area contributed by atoms with Crippen molar-refractivity contribution in [1.29, 1.82) is 0 Å². The summed E-state index contributed by atoms with van der Waals surface area (Å²) in [4.78, 5) is 15.6. The van der Waals surface area contributed by atoms with E-state index >= 15 is 0 Å². The molecule has 18 heavy (non-hydrogen) atoms. The number of nitrogens with zero attached hydrogens (tertiary/aromatic N) is 3. The van der Waals surface area contributed by atoms with Crippen LogP contribution in [0.15, 0.2) is 11.6 Å². The highest BCUT2D eigenvalue weighted by molar-refractivity contribution is 8.00. The Balaban J connectivity index is 1.83. The van der Waals surface area contributed by atoms with Crippen molar-refractivity contribution in [2.75, 3.05) is 17.6 Å². The molecule has 1 unspecified atom stereocenters. The highest BCUT2D eigenvalue weighted by Crippen LogP contribution is 2.30. The minimum atomic E-state index is -0.378. The number of fused-ring (bicyclic) bond motifs is 1. The molecule has 0 spiro atoms. The van der Waals surface area contributed by atoms with Gasteiger partial charge in [0.25, 0.3) is 4.96 Å². The van der Waals surface area contributed by atoms with Crippen LogP contribution in [0.1, 0.15) is 12.8 Å². The second kappa shape index (κ2) is 4.77. The minimum Gasteiger partial charge on any atom is -0.362 e. The first-order valence-corrected chi connectivity index (χ1v) is 7.64. The van der Waals surface area contributed by atoms with Gasteiger partial charge < -0.3 is 15.4 Å². The van der Waals surface area contributed by atoms with E-state index in [1.807, 2.05) is 11.8 Å². The molecule has 1 atom stereocenters. The Morgan fingerprint density at radius 2 is 2.56 bits per heavy atom. The van der Waals surface area contributed by atoms with Crippen LogP contribution in [-0.4, -0.2) is 31.9 Å². The van der Waals surface area contributed by atoms with Gasteiger partial charge in [0, 0.05) is 17.2 Å². The molecule has 6 nitrogen and oxygen atoms in total. The first kappa shape index (κ1) is 11.8. The van der Waals surface area contributed by atoms with Crippen LogP contribution in [-0.2, 0) is 0 Å². The second-order valence-electron chi connectivity index (χ2n) is 4.11. The molecule has 0 saturated carbocycles. The zero-order valence-corrected chi connectivity index (χ0v) is 11.2. The monoisotopic (exact) mass is 284 g/mol. The maximum atomic E-state index is 11.1. The molecule has 1 N–H and O–H groups in total. The Labute approximate surface area is 112 Å². The van der Waals surface area contributed by atoms with Crippen LogP contribution in [0.5, 0.6) is 0 Å². The van der Waals surface area contributed by atoms with Crippen LogP contribution in [0.3, 0.4) is 0 Å². The van der Waals surface area contributed by atoms with E-state index in [1.165, 1.54) is 34.3 Å². The largest absolute Gasteiger partial charge is 0.372 e. The molecule has 2 aromatic heterocycles. The van der Waals surface area contributed by atoms with E-state index < -0.39 is 0 Å². The van der Waals surface area contributed by atoms with Gasteiger partial charge in [-0.05, 0) is 23.5 Å². The van der Waals surface area contributed by atoms with Crippen LogP contribution >= 0.6 is 23.1 Å². The fourth-order valence-electron chi connectivity index (χ4n) is 2.08. The summed E-state index contributed by atoms with van der Waals surface area (Å²) in [5.41, 5.74) is 0. The predicted molar refractivity (Wildman–Crippen MR) is 73.7 cm³/mol. The topological polar surface area (TPSA) is 72.5 Å². The molecule has 0 aliphatic carbocycles. The highest BCUT2D eigenvalue weighted by Gasteiger charge is 2.24. The van der Waals surface area contributed by atoms with Crippen LogP contribution in [0.4, 0.5) is 11.6 Å². The smallest absolute Gasteiger partial charge is 0.362 e. The van der Waals surface area contributed by atoms with Crippen LogP contribution in [0.2, 0.25) is 0 Å². The van der Waals surface area contributed by atoms with Gasteiger partial charge in [-0.3, -0.25) is 0 Å². The van der Waals surface area contributed by atoms with Gasteiger partial charge >= 0.3 is 5.82 Å². The third-order valence-corrected chi connectivity index (χ3v) is 5.09. The summed E-state index contributed by atoms with van der Waals surface area (Å²) >= 11 is 3.32. The molecule has 3 rings (SSSR count). The second-order valence-corrected chi connectivity index (χ2v) is 6.39. The molecule has 0 radical (unpaired) electrons. The number of rotatable bonds is 4. The Hall–Kier alpha value is -1.28. The van der Waals surface area contributed by atoms with Gasteiger partial charge in [0.2, 0.25) is 5.82 Å². The number of thioether (sulfide) groups is 1. The Kier molecular flexibility index (Phi) is 3.13. The standard InChI is InChI=1S/C10H12N4O2S2/c15-14(16)9-8(11-6-7-2-1-4-17-7)12-10-13(9)3-5-18-10/h3,5,7,11H,1-2,4,6H2. The van der Waals surface area contributed by atoms with Crippen LogP contribution in [0.25, 0.3) is 4.96 Å². The normalized spacial score (nSPS) is 19.4. The lowest BCUT2D eigenvalue weighted by molar-refractivity contribution is -0.389. The molecule has 1 aliphatic rings. The maximum absolute atomic E-state index is 11.1. The summed E-state index contributed by atoms with van der Waals surface area (Å²) in [6.45, 7) is 0.746. The summed E-state index contributed by atoms with van der Waals surface area (Å²) < 4.78 is 1.52. The van der Waals surface area contributed by atoms with Crippen molar-refractivity contribution in [2.45, 2.75) is 18.1 Å². The molecular weight excluding hydrogens is 272 g/mol. The number of anilines is 1. The van der Waals surface area contributed by atoms with E-state index in [9.17, 15) is 10.1 Å². The lowest BCUT2D eigenvalue weighted by atomic mass is 10.2. The third-order valence-electron chi connectivity index (χ3n) is 2.93. The minimum absolute atomic E-state index is 0.0363. The SMILES string of the molecule is O=[N+]([O-])c1c(NCC2CCCS2)nc2sccn12. The lowest BCUT2D eigenvalue weighted by Gasteiger charge is -2.08. The first-order chi connectivity index (χ1) is 8.75. The van der Waals surface area contributed by atoms with Crippen molar-refractivity contribution in [3.8, 4) is 0 Å². The molecule has 1 fully saturated rings. The summed E-state index contributed by atoms with van der Waals surface area (Å²) in [6.07, 6.45) is 4.09. The molecule has 1 saturated heterocycles. The van der Waals surface area contributed by atoms with E-state index in [0.29, 0.717) is 16.0 Å². The Morgan fingerprint density at radius 3 is 3.28 bits per heavy atom. The van der Waals surface area contributed by atoms with Crippen molar-refractivity contribution < 1.29 is 4.92 Å². The van der Waals surface area contributed by atoms with Gasteiger partial charge in [-0.15, -0.1) is 0 Å². The molecule has 0 bridgehead atoms.